The Labute approximate surface area is 235 Å². The molecule has 0 aromatic heterocycles. The number of phenols is 2. The maximum Gasteiger partial charge on any atom is 0.261 e. The van der Waals surface area contributed by atoms with Gasteiger partial charge in [-0.05, 0) is 55.9 Å². The minimum Gasteiger partial charge on any atom is -0.507 e. The first-order valence-electron chi connectivity index (χ1n) is 13.5. The predicted molar refractivity (Wildman–Crippen MR) is 152 cm³/mol. The molecule has 0 atom stereocenters. The third kappa shape index (κ3) is 4.47. The molecule has 0 fully saturated rings. The molecule has 10 heteroatoms. The van der Waals surface area contributed by atoms with E-state index < -0.39 is 0 Å². The number of aromatic hydroxyl groups is 2. The summed E-state index contributed by atoms with van der Waals surface area (Å²) in [5.41, 5.74) is 1.62. The van der Waals surface area contributed by atoms with Crippen LogP contribution in [0, 0.1) is 0 Å². The van der Waals surface area contributed by atoms with Crippen molar-refractivity contribution in [2.75, 3.05) is 39.3 Å². The van der Waals surface area contributed by atoms with Crippen molar-refractivity contribution in [3.8, 4) is 11.5 Å². The van der Waals surface area contributed by atoms with Crippen LogP contribution in [-0.4, -0.2) is 82.9 Å². The summed E-state index contributed by atoms with van der Waals surface area (Å²) in [5.74, 6) is -1.43. The molecule has 4 amide bonds. The van der Waals surface area contributed by atoms with Gasteiger partial charge in [-0.25, -0.2) is 0 Å². The lowest BCUT2D eigenvalue weighted by molar-refractivity contribution is 0.0597. The van der Waals surface area contributed by atoms with E-state index >= 15 is 0 Å². The van der Waals surface area contributed by atoms with Gasteiger partial charge in [0.2, 0.25) is 0 Å². The van der Waals surface area contributed by atoms with Gasteiger partial charge in [0.15, 0.2) is 0 Å². The van der Waals surface area contributed by atoms with Crippen LogP contribution in [-0.2, 0) is 0 Å². The fourth-order valence-electron chi connectivity index (χ4n) is 5.64. The average molecular weight is 553 g/mol. The van der Waals surface area contributed by atoms with Gasteiger partial charge in [-0.15, -0.1) is 0 Å². The molecule has 6 rings (SSSR count). The third-order valence-electron chi connectivity index (χ3n) is 7.67. The molecule has 0 spiro atoms. The monoisotopic (exact) mass is 552 g/mol. The highest BCUT2D eigenvalue weighted by Crippen LogP contribution is 2.36. The Kier molecular flexibility index (Phi) is 6.86. The zero-order valence-electron chi connectivity index (χ0n) is 22.1. The molecule has 0 aliphatic carbocycles. The van der Waals surface area contributed by atoms with Gasteiger partial charge < -0.3 is 20.8 Å². The number of amides is 4. The van der Waals surface area contributed by atoms with Crippen LogP contribution in [0.4, 0.5) is 0 Å². The van der Waals surface area contributed by atoms with E-state index in [1.54, 1.807) is 48.5 Å². The molecule has 0 radical (unpaired) electrons. The second kappa shape index (κ2) is 10.6. The summed E-state index contributed by atoms with van der Waals surface area (Å²) < 4.78 is 0. The van der Waals surface area contributed by atoms with Crippen LogP contribution < -0.4 is 10.6 Å². The summed E-state index contributed by atoms with van der Waals surface area (Å²) in [7, 11) is 0. The van der Waals surface area contributed by atoms with Crippen LogP contribution in [0.15, 0.2) is 60.7 Å². The number of nitrogens with one attached hydrogen (secondary N) is 2. The standard InChI is InChI=1S/C31H28N4O6/c36-24-10-8-22-26-18(24)4-1-6-20(26)28(38)34(30(22)40)16-14-32-12-3-13-33-15-17-35-29(39)21-7-2-5-19-25(37)11-9-23(27(19)21)31(35)41/h1-2,4-11,32-33,36-37H,3,12-17H2. The Morgan fingerprint density at radius 1 is 0.512 bits per heavy atom. The van der Waals surface area contributed by atoms with Gasteiger partial charge in [0.25, 0.3) is 23.6 Å². The number of rotatable bonds is 10. The van der Waals surface area contributed by atoms with Crippen molar-refractivity contribution in [1.82, 2.24) is 20.4 Å². The molecule has 10 nitrogen and oxygen atoms in total. The van der Waals surface area contributed by atoms with Gasteiger partial charge >= 0.3 is 0 Å². The van der Waals surface area contributed by atoms with Crippen molar-refractivity contribution in [1.29, 1.82) is 0 Å². The smallest absolute Gasteiger partial charge is 0.261 e. The summed E-state index contributed by atoms with van der Waals surface area (Å²) in [5, 5.41) is 28.7. The van der Waals surface area contributed by atoms with E-state index in [1.165, 1.54) is 21.9 Å². The van der Waals surface area contributed by atoms with E-state index in [9.17, 15) is 29.4 Å². The molecule has 2 heterocycles. The Morgan fingerprint density at radius 3 is 1.32 bits per heavy atom. The van der Waals surface area contributed by atoms with Crippen molar-refractivity contribution in [2.45, 2.75) is 6.42 Å². The normalized spacial score (nSPS) is 14.5. The van der Waals surface area contributed by atoms with Crippen LogP contribution in [0.5, 0.6) is 11.5 Å². The number of hydrogen-bond donors (Lipinski definition) is 4. The summed E-state index contributed by atoms with van der Waals surface area (Å²) in [4.78, 5) is 54.4. The van der Waals surface area contributed by atoms with E-state index in [4.69, 9.17) is 0 Å². The van der Waals surface area contributed by atoms with Gasteiger partial charge in [-0.2, -0.15) is 0 Å². The Hall–Kier alpha value is -4.80. The number of hydrogen-bond acceptors (Lipinski definition) is 8. The number of carbonyl (C=O) groups excluding carboxylic acids is 4. The molecule has 41 heavy (non-hydrogen) atoms. The van der Waals surface area contributed by atoms with Crippen LogP contribution in [0.3, 0.4) is 0 Å². The summed E-state index contributed by atoms with van der Waals surface area (Å²) in [6.45, 7) is 2.57. The van der Waals surface area contributed by atoms with Gasteiger partial charge in [0.1, 0.15) is 11.5 Å². The Morgan fingerprint density at radius 2 is 0.902 bits per heavy atom. The number of carbonyl (C=O) groups is 4. The van der Waals surface area contributed by atoms with Crippen LogP contribution in [0.1, 0.15) is 47.9 Å². The highest BCUT2D eigenvalue weighted by Gasteiger charge is 2.34. The van der Waals surface area contributed by atoms with E-state index in [0.717, 1.165) is 6.42 Å². The van der Waals surface area contributed by atoms with E-state index in [-0.39, 0.29) is 48.2 Å². The number of phenolic OH excluding ortho intramolecular Hbond substituents is 2. The van der Waals surface area contributed by atoms with E-state index in [0.29, 0.717) is 70.0 Å². The molecular formula is C31H28N4O6. The molecule has 0 saturated carbocycles. The largest absolute Gasteiger partial charge is 0.507 e. The van der Waals surface area contributed by atoms with Crippen molar-refractivity contribution in [2.24, 2.45) is 0 Å². The highest BCUT2D eigenvalue weighted by atomic mass is 16.3. The minimum atomic E-state index is -0.375. The molecule has 2 aliphatic rings. The highest BCUT2D eigenvalue weighted by molar-refractivity contribution is 6.27. The summed E-state index contributed by atoms with van der Waals surface area (Å²) in [6.07, 6.45) is 0.757. The topological polar surface area (TPSA) is 139 Å². The van der Waals surface area contributed by atoms with Crippen molar-refractivity contribution in [3.63, 3.8) is 0 Å². The Bertz CT molecular complexity index is 1580. The molecule has 208 valence electrons. The summed E-state index contributed by atoms with van der Waals surface area (Å²) in [6, 6.07) is 16.2. The van der Waals surface area contributed by atoms with E-state index in [1.807, 2.05) is 0 Å². The first-order valence-corrected chi connectivity index (χ1v) is 13.5. The second-order valence-corrected chi connectivity index (χ2v) is 10.1. The lowest BCUT2D eigenvalue weighted by atomic mass is 9.93. The van der Waals surface area contributed by atoms with E-state index in [2.05, 4.69) is 10.6 Å². The van der Waals surface area contributed by atoms with Crippen molar-refractivity contribution < 1.29 is 29.4 Å². The van der Waals surface area contributed by atoms with Gasteiger partial charge in [-0.3, -0.25) is 29.0 Å². The molecule has 0 unspecified atom stereocenters. The molecule has 0 saturated heterocycles. The quantitative estimate of drug-likeness (QED) is 0.174. The molecule has 2 aliphatic heterocycles. The van der Waals surface area contributed by atoms with Crippen LogP contribution >= 0.6 is 0 Å². The van der Waals surface area contributed by atoms with Gasteiger partial charge in [0, 0.05) is 70.0 Å². The third-order valence-corrected chi connectivity index (χ3v) is 7.67. The lowest BCUT2D eigenvalue weighted by Gasteiger charge is -2.27. The van der Waals surface area contributed by atoms with Crippen molar-refractivity contribution >= 4 is 45.2 Å². The molecule has 4 N–H and O–H groups in total. The molecule has 4 aromatic carbocycles. The van der Waals surface area contributed by atoms with Gasteiger partial charge in [0.05, 0.1) is 0 Å². The molecular weight excluding hydrogens is 524 g/mol. The maximum atomic E-state index is 13.0. The van der Waals surface area contributed by atoms with Crippen LogP contribution in [0.2, 0.25) is 0 Å². The fraction of sp³-hybridized carbons (Fsp3) is 0.226. The zero-order chi connectivity index (χ0) is 28.7. The number of imide groups is 2. The molecule has 4 aromatic rings. The fourth-order valence-corrected chi connectivity index (χ4v) is 5.64. The second-order valence-electron chi connectivity index (χ2n) is 10.1. The maximum absolute atomic E-state index is 13.0. The SMILES string of the molecule is O=C1c2cccc3c(O)ccc(c23)C(=O)N1CCNCCCNCCN1C(=O)c2cccc3c(O)ccc(c23)C1=O. The first kappa shape index (κ1) is 26.4. The average Bonchev–Trinajstić information content (AvgIpc) is 2.98. The Balaban J connectivity index is 0.949. The minimum absolute atomic E-state index is 0.0353. The van der Waals surface area contributed by atoms with Crippen LogP contribution in [0.25, 0.3) is 21.5 Å². The van der Waals surface area contributed by atoms with Gasteiger partial charge in [-0.1, -0.05) is 24.3 Å². The van der Waals surface area contributed by atoms with Crippen molar-refractivity contribution in [3.05, 3.63) is 82.9 Å². The predicted octanol–water partition coefficient (Wildman–Crippen LogP) is 2.87. The zero-order valence-corrected chi connectivity index (χ0v) is 22.1. The summed E-state index contributed by atoms with van der Waals surface area (Å²) >= 11 is 0. The first-order chi connectivity index (χ1) is 19.9. The number of benzene rings is 4. The lowest BCUT2D eigenvalue weighted by Crippen LogP contribution is -2.44. The number of nitrogens with zero attached hydrogens (tertiary/aromatic N) is 2. The molecule has 0 bridgehead atoms.